The first-order valence-corrected chi connectivity index (χ1v) is 6.50. The van der Waals surface area contributed by atoms with E-state index in [4.69, 9.17) is 5.84 Å². The van der Waals surface area contributed by atoms with Crippen molar-refractivity contribution < 1.29 is 4.79 Å². The average Bonchev–Trinajstić information content (AvgIpc) is 2.45. The monoisotopic (exact) mass is 248 g/mol. The van der Waals surface area contributed by atoms with Crippen LogP contribution in [0, 0.1) is 5.92 Å². The summed E-state index contributed by atoms with van der Waals surface area (Å²) in [6, 6.07) is 1.69. The Labute approximate surface area is 107 Å². The Hall–Kier alpha value is -1.62. The Bertz CT molecular complexity index is 402. The van der Waals surface area contributed by atoms with Crippen molar-refractivity contribution in [3.05, 3.63) is 24.0 Å². The molecule has 1 amide bonds. The first-order chi connectivity index (χ1) is 8.81. The lowest BCUT2D eigenvalue weighted by Crippen LogP contribution is -2.31. The van der Waals surface area contributed by atoms with E-state index in [1.165, 1.54) is 38.3 Å². The summed E-state index contributed by atoms with van der Waals surface area (Å²) in [5, 5.41) is 2.97. The van der Waals surface area contributed by atoms with Crippen molar-refractivity contribution in [3.63, 3.8) is 0 Å². The Kier molecular flexibility index (Phi) is 4.52. The van der Waals surface area contributed by atoms with E-state index in [-0.39, 0.29) is 5.91 Å². The van der Waals surface area contributed by atoms with Gasteiger partial charge in [0, 0.05) is 18.9 Å². The maximum Gasteiger partial charge on any atom is 0.255 e. The van der Waals surface area contributed by atoms with Crippen LogP contribution in [0.3, 0.4) is 0 Å². The summed E-state index contributed by atoms with van der Waals surface area (Å²) in [6.07, 6.45) is 9.46. The third-order valence-electron chi connectivity index (χ3n) is 3.50. The Morgan fingerprint density at radius 2 is 2.17 bits per heavy atom. The van der Waals surface area contributed by atoms with Gasteiger partial charge in [-0.15, -0.1) is 0 Å². The zero-order chi connectivity index (χ0) is 12.8. The predicted octanol–water partition coefficient (Wildman–Crippen LogP) is 1.68. The standard InChI is InChI=1S/C13H20N4O/c14-17-12-6-7-15-9-11(12)13(18)16-8-10-4-2-1-3-5-10/h6-7,9-10H,1-5,8,14H2,(H,15,17)(H,16,18). The van der Waals surface area contributed by atoms with Crippen LogP contribution in [0.1, 0.15) is 42.5 Å². The molecule has 0 aromatic carbocycles. The quantitative estimate of drug-likeness (QED) is 0.559. The number of hydrogen-bond donors (Lipinski definition) is 3. The molecule has 5 nitrogen and oxygen atoms in total. The summed E-state index contributed by atoms with van der Waals surface area (Å²) in [5.41, 5.74) is 3.61. The molecule has 0 atom stereocenters. The van der Waals surface area contributed by atoms with E-state index in [1.807, 2.05) is 0 Å². The highest BCUT2D eigenvalue weighted by Gasteiger charge is 2.16. The molecule has 0 aliphatic heterocycles. The number of anilines is 1. The van der Waals surface area contributed by atoms with E-state index in [2.05, 4.69) is 15.7 Å². The molecule has 0 spiro atoms. The van der Waals surface area contributed by atoms with E-state index in [1.54, 1.807) is 12.3 Å². The van der Waals surface area contributed by atoms with E-state index in [0.717, 1.165) is 6.54 Å². The molecule has 1 aliphatic rings. The molecule has 1 heterocycles. The van der Waals surface area contributed by atoms with Crippen molar-refractivity contribution in [3.8, 4) is 0 Å². The van der Waals surface area contributed by atoms with Gasteiger partial charge >= 0.3 is 0 Å². The second-order valence-corrected chi connectivity index (χ2v) is 4.78. The number of carbonyl (C=O) groups is 1. The van der Waals surface area contributed by atoms with Gasteiger partial charge in [0.1, 0.15) is 0 Å². The number of aromatic nitrogens is 1. The number of nitrogens with one attached hydrogen (secondary N) is 2. The Morgan fingerprint density at radius 3 is 2.89 bits per heavy atom. The van der Waals surface area contributed by atoms with Crippen molar-refractivity contribution >= 4 is 11.6 Å². The van der Waals surface area contributed by atoms with Crippen LogP contribution in [0.4, 0.5) is 5.69 Å². The third-order valence-corrected chi connectivity index (χ3v) is 3.50. The van der Waals surface area contributed by atoms with Gasteiger partial charge in [-0.2, -0.15) is 0 Å². The van der Waals surface area contributed by atoms with Gasteiger partial charge in [-0.3, -0.25) is 15.6 Å². The first kappa shape index (κ1) is 12.8. The van der Waals surface area contributed by atoms with Crippen LogP contribution in [0.15, 0.2) is 18.5 Å². The SMILES string of the molecule is NNc1ccncc1C(=O)NCC1CCCCC1. The van der Waals surface area contributed by atoms with Crippen LogP contribution in [0.5, 0.6) is 0 Å². The number of carbonyl (C=O) groups excluding carboxylic acids is 1. The van der Waals surface area contributed by atoms with Crippen LogP contribution < -0.4 is 16.6 Å². The van der Waals surface area contributed by atoms with Gasteiger partial charge in [-0.05, 0) is 24.8 Å². The number of nitrogens with zero attached hydrogens (tertiary/aromatic N) is 1. The number of hydrazine groups is 1. The third kappa shape index (κ3) is 3.20. The fourth-order valence-electron chi connectivity index (χ4n) is 2.42. The normalized spacial score (nSPS) is 16.3. The number of amides is 1. The first-order valence-electron chi connectivity index (χ1n) is 6.50. The number of nitrogen functional groups attached to an aromatic ring is 1. The molecule has 1 saturated carbocycles. The van der Waals surface area contributed by atoms with Crippen molar-refractivity contribution in [2.75, 3.05) is 12.0 Å². The smallest absolute Gasteiger partial charge is 0.255 e. The molecule has 98 valence electrons. The fourth-order valence-corrected chi connectivity index (χ4v) is 2.42. The molecular weight excluding hydrogens is 228 g/mol. The molecule has 2 rings (SSSR count). The van der Waals surface area contributed by atoms with Crippen LogP contribution in [-0.2, 0) is 0 Å². The van der Waals surface area contributed by atoms with Crippen LogP contribution in [-0.4, -0.2) is 17.4 Å². The molecule has 0 bridgehead atoms. The lowest BCUT2D eigenvalue weighted by Gasteiger charge is -2.21. The summed E-state index contributed by atoms with van der Waals surface area (Å²) in [6.45, 7) is 0.748. The largest absolute Gasteiger partial charge is 0.352 e. The van der Waals surface area contributed by atoms with E-state index in [9.17, 15) is 4.79 Å². The van der Waals surface area contributed by atoms with E-state index >= 15 is 0 Å². The molecule has 1 aromatic heterocycles. The predicted molar refractivity (Wildman–Crippen MR) is 71.0 cm³/mol. The van der Waals surface area contributed by atoms with Crippen molar-refractivity contribution in [1.82, 2.24) is 10.3 Å². The van der Waals surface area contributed by atoms with Crippen molar-refractivity contribution in [2.45, 2.75) is 32.1 Å². The average molecular weight is 248 g/mol. The van der Waals surface area contributed by atoms with E-state index < -0.39 is 0 Å². The summed E-state index contributed by atoms with van der Waals surface area (Å²) >= 11 is 0. The van der Waals surface area contributed by atoms with Gasteiger partial charge in [0.25, 0.3) is 5.91 Å². The highest BCUT2D eigenvalue weighted by Crippen LogP contribution is 2.23. The molecular formula is C13H20N4O. The van der Waals surface area contributed by atoms with E-state index in [0.29, 0.717) is 17.2 Å². The highest BCUT2D eigenvalue weighted by atomic mass is 16.1. The number of pyridine rings is 1. The van der Waals surface area contributed by atoms with Crippen molar-refractivity contribution in [2.24, 2.45) is 11.8 Å². The highest BCUT2D eigenvalue weighted by molar-refractivity contribution is 5.99. The second-order valence-electron chi connectivity index (χ2n) is 4.78. The topological polar surface area (TPSA) is 80.0 Å². The molecule has 5 heteroatoms. The molecule has 18 heavy (non-hydrogen) atoms. The Morgan fingerprint density at radius 1 is 1.39 bits per heavy atom. The minimum Gasteiger partial charge on any atom is -0.352 e. The molecule has 4 N–H and O–H groups in total. The molecule has 1 aliphatic carbocycles. The molecule has 0 radical (unpaired) electrons. The van der Waals surface area contributed by atoms with Gasteiger partial charge in [0.2, 0.25) is 0 Å². The molecule has 0 unspecified atom stereocenters. The molecule has 1 fully saturated rings. The maximum atomic E-state index is 12.0. The van der Waals surface area contributed by atoms with Gasteiger partial charge in [0.05, 0.1) is 11.3 Å². The summed E-state index contributed by atoms with van der Waals surface area (Å²) in [5.74, 6) is 5.88. The fraction of sp³-hybridized carbons (Fsp3) is 0.538. The van der Waals surface area contributed by atoms with Crippen LogP contribution >= 0.6 is 0 Å². The number of rotatable bonds is 4. The Balaban J connectivity index is 1.90. The maximum absolute atomic E-state index is 12.0. The van der Waals surface area contributed by atoms with Crippen molar-refractivity contribution in [1.29, 1.82) is 0 Å². The lowest BCUT2D eigenvalue weighted by atomic mass is 9.89. The summed E-state index contributed by atoms with van der Waals surface area (Å²) < 4.78 is 0. The minimum absolute atomic E-state index is 0.110. The van der Waals surface area contributed by atoms with Gasteiger partial charge in [-0.25, -0.2) is 0 Å². The zero-order valence-corrected chi connectivity index (χ0v) is 10.5. The molecule has 0 saturated heterocycles. The van der Waals surface area contributed by atoms with Gasteiger partial charge in [-0.1, -0.05) is 19.3 Å². The van der Waals surface area contributed by atoms with Crippen LogP contribution in [0.25, 0.3) is 0 Å². The second kappa shape index (κ2) is 6.35. The lowest BCUT2D eigenvalue weighted by molar-refractivity contribution is 0.0944. The van der Waals surface area contributed by atoms with Crippen LogP contribution in [0.2, 0.25) is 0 Å². The molecule has 1 aromatic rings. The summed E-state index contributed by atoms with van der Waals surface area (Å²) in [7, 11) is 0. The summed E-state index contributed by atoms with van der Waals surface area (Å²) in [4.78, 5) is 16.0. The van der Waals surface area contributed by atoms with Gasteiger partial charge in [0.15, 0.2) is 0 Å². The number of hydrogen-bond acceptors (Lipinski definition) is 4. The number of nitrogens with two attached hydrogens (primary N) is 1. The minimum atomic E-state index is -0.110. The zero-order valence-electron chi connectivity index (χ0n) is 10.5. The van der Waals surface area contributed by atoms with Gasteiger partial charge < -0.3 is 10.7 Å².